The van der Waals surface area contributed by atoms with Crippen LogP contribution in [-0.2, 0) is 27.5 Å². The van der Waals surface area contributed by atoms with Crippen molar-refractivity contribution in [2.24, 2.45) is 5.92 Å². The van der Waals surface area contributed by atoms with E-state index in [1.807, 2.05) is 6.08 Å². The lowest BCUT2D eigenvalue weighted by molar-refractivity contribution is -0.137. The zero-order valence-corrected chi connectivity index (χ0v) is 27.2. The summed E-state index contributed by atoms with van der Waals surface area (Å²) in [5, 5.41) is 7.28. The number of hydrogen-bond acceptors (Lipinski definition) is 6. The van der Waals surface area contributed by atoms with Gasteiger partial charge >= 0.3 is 6.18 Å². The zero-order valence-electron chi connectivity index (χ0n) is 26.4. The average Bonchev–Trinajstić information content (AvgIpc) is 3.45. The molecule has 0 aromatic heterocycles. The first-order valence-electron chi connectivity index (χ1n) is 15.6. The van der Waals surface area contributed by atoms with Crippen molar-refractivity contribution in [3.63, 3.8) is 0 Å². The van der Waals surface area contributed by atoms with Crippen LogP contribution in [-0.4, -0.2) is 81.4 Å². The summed E-state index contributed by atoms with van der Waals surface area (Å²) in [6.45, 7) is 12.0. The Hall–Kier alpha value is -3.74. The maximum absolute atomic E-state index is 13.7. The van der Waals surface area contributed by atoms with Crippen LogP contribution in [0.25, 0.3) is 0 Å². The summed E-state index contributed by atoms with van der Waals surface area (Å²) in [6.07, 6.45) is -1.09. The van der Waals surface area contributed by atoms with Crippen molar-refractivity contribution in [2.75, 3.05) is 39.3 Å². The molecule has 47 heavy (non-hydrogen) atoms. The van der Waals surface area contributed by atoms with Gasteiger partial charge in [-0.1, -0.05) is 37.4 Å². The van der Waals surface area contributed by atoms with Crippen LogP contribution >= 0.6 is 0 Å². The van der Waals surface area contributed by atoms with Gasteiger partial charge in [-0.15, -0.1) is 5.73 Å². The predicted octanol–water partition coefficient (Wildman–Crippen LogP) is 4.02. The van der Waals surface area contributed by atoms with Crippen LogP contribution in [0.5, 0.6) is 0 Å². The number of halogens is 3. The van der Waals surface area contributed by atoms with E-state index in [1.54, 1.807) is 29.2 Å². The molecule has 2 fully saturated rings. The molecule has 3 N–H and O–H groups in total. The highest BCUT2D eigenvalue weighted by molar-refractivity contribution is 7.92. The molecule has 254 valence electrons. The van der Waals surface area contributed by atoms with Crippen LogP contribution in [0.2, 0.25) is 0 Å². The molecule has 2 amide bonds. The molecule has 9 nitrogen and oxygen atoms in total. The summed E-state index contributed by atoms with van der Waals surface area (Å²) in [5.41, 5.74) is 3.78. The lowest BCUT2D eigenvalue weighted by atomic mass is 9.95. The molecule has 0 radical (unpaired) electrons. The smallest absolute Gasteiger partial charge is 0.351 e. The molecule has 2 aromatic carbocycles. The zero-order chi connectivity index (χ0) is 34.2. The first kappa shape index (κ1) is 36.1. The van der Waals surface area contributed by atoms with E-state index in [0.717, 1.165) is 30.5 Å². The minimum absolute atomic E-state index is 0.0160. The summed E-state index contributed by atoms with van der Waals surface area (Å²) >= 11 is 0. The van der Waals surface area contributed by atoms with Gasteiger partial charge in [-0.2, -0.15) is 13.2 Å². The minimum Gasteiger partial charge on any atom is -0.351 e. The maximum Gasteiger partial charge on any atom is 0.416 e. The van der Waals surface area contributed by atoms with Crippen molar-refractivity contribution in [1.82, 2.24) is 25.2 Å². The van der Waals surface area contributed by atoms with Crippen LogP contribution < -0.4 is 15.4 Å². The van der Waals surface area contributed by atoms with Gasteiger partial charge in [0.2, 0.25) is 15.9 Å². The number of carbonyl (C=O) groups is 2. The standard InChI is InChI=1S/C34H42F3N5O4S/c1-4-6-30-16-17-41(21-24(3)40-30)23-31(32(43)38-19-25-7-13-29(14-8-25)34(35,36)37)27-9-11-28(12-10-27)33(44)42-18-15-26(22-42)20-39-47(45,46)5-2/h5-14,24,26,30-31,39-40H,1-2,15-23H2,3H3,(H,38,43). The molecule has 0 spiro atoms. The highest BCUT2D eigenvalue weighted by Gasteiger charge is 2.31. The van der Waals surface area contributed by atoms with Crippen molar-refractivity contribution in [3.8, 4) is 0 Å². The monoisotopic (exact) mass is 673 g/mol. The van der Waals surface area contributed by atoms with E-state index < -0.39 is 27.7 Å². The second-order valence-electron chi connectivity index (χ2n) is 12.1. The highest BCUT2D eigenvalue weighted by atomic mass is 32.2. The van der Waals surface area contributed by atoms with E-state index in [2.05, 4.69) is 46.1 Å². The first-order chi connectivity index (χ1) is 22.3. The molecule has 2 aliphatic rings. The number of alkyl halides is 3. The summed E-state index contributed by atoms with van der Waals surface area (Å²) in [6, 6.07) is 11.9. The number of benzene rings is 2. The van der Waals surface area contributed by atoms with Gasteiger partial charge in [0.15, 0.2) is 0 Å². The Morgan fingerprint density at radius 1 is 1.09 bits per heavy atom. The SMILES string of the molecule is C=C=CC1CCN(CC(C(=O)NCc2ccc(C(F)(F)F)cc2)c2ccc(C(=O)N3CCC(CNS(=O)(=O)C=C)C3)cc2)CC(C)N1. The molecule has 4 rings (SSSR count). The quantitative estimate of drug-likeness (QED) is 0.294. The highest BCUT2D eigenvalue weighted by Crippen LogP contribution is 2.29. The minimum atomic E-state index is -4.44. The van der Waals surface area contributed by atoms with Crippen molar-refractivity contribution in [2.45, 2.75) is 50.5 Å². The number of carbonyl (C=O) groups excluding carboxylic acids is 2. The summed E-state index contributed by atoms with van der Waals surface area (Å²) < 4.78 is 64.9. The van der Waals surface area contributed by atoms with Gasteiger partial charge in [-0.25, -0.2) is 13.1 Å². The Bertz CT molecular complexity index is 1560. The Labute approximate surface area is 274 Å². The number of hydrogen-bond donors (Lipinski definition) is 3. The van der Waals surface area contributed by atoms with Gasteiger partial charge in [-0.3, -0.25) is 9.59 Å². The normalized spacial score (nSPS) is 21.4. The molecule has 2 aromatic rings. The van der Waals surface area contributed by atoms with Crippen molar-refractivity contribution in [3.05, 3.63) is 101 Å². The number of rotatable bonds is 12. The van der Waals surface area contributed by atoms with E-state index >= 15 is 0 Å². The first-order valence-corrected chi connectivity index (χ1v) is 17.1. The summed E-state index contributed by atoms with van der Waals surface area (Å²) in [5.74, 6) is -1.08. The molecule has 2 saturated heterocycles. The molecule has 13 heteroatoms. The Morgan fingerprint density at radius 2 is 1.79 bits per heavy atom. The molecule has 4 unspecified atom stereocenters. The van der Waals surface area contributed by atoms with E-state index in [4.69, 9.17) is 0 Å². The fourth-order valence-corrected chi connectivity index (χ4v) is 6.57. The molecule has 0 saturated carbocycles. The van der Waals surface area contributed by atoms with E-state index in [1.165, 1.54) is 12.1 Å². The number of likely N-dealkylation sites (tertiary alicyclic amines) is 1. The maximum atomic E-state index is 13.7. The third kappa shape index (κ3) is 10.4. The van der Waals surface area contributed by atoms with Crippen molar-refractivity contribution >= 4 is 21.8 Å². The Balaban J connectivity index is 1.47. The molecular weight excluding hydrogens is 631 g/mol. The molecular formula is C34H42F3N5O4S. The van der Waals surface area contributed by atoms with Crippen LogP contribution in [0.4, 0.5) is 13.2 Å². The van der Waals surface area contributed by atoms with E-state index in [0.29, 0.717) is 49.3 Å². The van der Waals surface area contributed by atoms with Gasteiger partial charge in [0.25, 0.3) is 5.91 Å². The topological polar surface area (TPSA) is 111 Å². The molecule has 2 heterocycles. The third-order valence-electron chi connectivity index (χ3n) is 8.54. The molecule has 2 aliphatic heterocycles. The number of amides is 2. The van der Waals surface area contributed by atoms with Gasteiger partial charge < -0.3 is 20.4 Å². The number of nitrogens with one attached hydrogen (secondary N) is 3. The fourth-order valence-electron chi connectivity index (χ4n) is 5.98. The lowest BCUT2D eigenvalue weighted by Gasteiger charge is -2.27. The van der Waals surface area contributed by atoms with E-state index in [-0.39, 0.29) is 42.9 Å². The second-order valence-corrected chi connectivity index (χ2v) is 13.9. The lowest BCUT2D eigenvalue weighted by Crippen LogP contribution is -2.41. The molecule has 0 aliphatic carbocycles. The number of sulfonamides is 1. The van der Waals surface area contributed by atoms with Gasteiger partial charge in [0.1, 0.15) is 0 Å². The van der Waals surface area contributed by atoms with Crippen molar-refractivity contribution in [1.29, 1.82) is 0 Å². The van der Waals surface area contributed by atoms with Crippen LogP contribution in [0.1, 0.15) is 52.7 Å². The predicted molar refractivity (Wildman–Crippen MR) is 175 cm³/mol. The van der Waals surface area contributed by atoms with E-state index in [9.17, 15) is 31.2 Å². The second kappa shape index (κ2) is 15.9. The van der Waals surface area contributed by atoms with Gasteiger partial charge in [0.05, 0.1) is 11.5 Å². The molecule has 4 atom stereocenters. The van der Waals surface area contributed by atoms with Crippen LogP contribution in [0, 0.1) is 5.92 Å². The number of nitrogens with zero attached hydrogens (tertiary/aromatic N) is 2. The summed E-state index contributed by atoms with van der Waals surface area (Å²) in [4.78, 5) is 30.9. The Morgan fingerprint density at radius 3 is 2.43 bits per heavy atom. The van der Waals surface area contributed by atoms with Gasteiger partial charge in [0, 0.05) is 68.9 Å². The summed E-state index contributed by atoms with van der Waals surface area (Å²) in [7, 11) is -3.54. The largest absolute Gasteiger partial charge is 0.416 e. The van der Waals surface area contributed by atoms with Crippen LogP contribution in [0.3, 0.4) is 0 Å². The molecule has 0 bridgehead atoms. The fraction of sp³-hybridized carbons (Fsp3) is 0.441. The average molecular weight is 674 g/mol. The Kier molecular flexibility index (Phi) is 12.2. The third-order valence-corrected chi connectivity index (χ3v) is 9.54. The van der Waals surface area contributed by atoms with Gasteiger partial charge in [-0.05, 0) is 67.2 Å². The van der Waals surface area contributed by atoms with Crippen molar-refractivity contribution < 1.29 is 31.2 Å². The van der Waals surface area contributed by atoms with Crippen LogP contribution in [0.15, 0.2) is 78.9 Å².